The molecule has 0 aliphatic carbocycles. The third-order valence-corrected chi connectivity index (χ3v) is 5.79. The molecule has 0 N–H and O–H groups in total. The number of hydrogen-bond donors (Lipinski definition) is 0. The zero-order valence-electron chi connectivity index (χ0n) is 15.1. The SMILES string of the molecule is COC(=O)c1cccc(Cc2cc(F)cc3sc(N4CCCCC4)nc23)n1. The Bertz CT molecular complexity index is 983. The lowest BCUT2D eigenvalue weighted by Crippen LogP contribution is -2.29. The Balaban J connectivity index is 1.69. The van der Waals surface area contributed by atoms with Crippen LogP contribution in [0.3, 0.4) is 0 Å². The maximum absolute atomic E-state index is 14.2. The summed E-state index contributed by atoms with van der Waals surface area (Å²) in [6.45, 7) is 2.00. The molecule has 3 heterocycles. The zero-order chi connectivity index (χ0) is 18.8. The summed E-state index contributed by atoms with van der Waals surface area (Å²) in [4.78, 5) is 23.1. The van der Waals surface area contributed by atoms with Crippen molar-refractivity contribution in [2.75, 3.05) is 25.1 Å². The third kappa shape index (κ3) is 3.78. The van der Waals surface area contributed by atoms with Crippen LogP contribution in [0, 0.1) is 5.82 Å². The molecule has 0 unspecified atom stereocenters. The number of carbonyl (C=O) groups excluding carboxylic acids is 1. The molecule has 1 aliphatic rings. The largest absolute Gasteiger partial charge is 0.464 e. The molecule has 2 aromatic heterocycles. The Kier molecular flexibility index (Phi) is 5.03. The number of benzene rings is 1. The average Bonchev–Trinajstić information content (AvgIpc) is 3.12. The fourth-order valence-corrected chi connectivity index (χ4v) is 4.49. The normalized spacial score (nSPS) is 14.5. The van der Waals surface area contributed by atoms with Crippen molar-refractivity contribution >= 4 is 32.7 Å². The third-order valence-electron chi connectivity index (χ3n) is 4.73. The number of nitrogens with zero attached hydrogens (tertiary/aromatic N) is 3. The van der Waals surface area contributed by atoms with Crippen molar-refractivity contribution in [1.29, 1.82) is 0 Å². The summed E-state index contributed by atoms with van der Waals surface area (Å²) in [6.07, 6.45) is 3.99. The highest BCUT2D eigenvalue weighted by Gasteiger charge is 2.18. The van der Waals surface area contributed by atoms with Gasteiger partial charge in [0.05, 0.1) is 17.3 Å². The van der Waals surface area contributed by atoms with Gasteiger partial charge in [-0.15, -0.1) is 0 Å². The minimum absolute atomic E-state index is 0.245. The quantitative estimate of drug-likeness (QED) is 0.630. The van der Waals surface area contributed by atoms with E-state index in [1.807, 2.05) is 6.07 Å². The van der Waals surface area contributed by atoms with Crippen LogP contribution in [0.25, 0.3) is 10.2 Å². The summed E-state index contributed by atoms with van der Waals surface area (Å²) in [5.74, 6) is -0.766. The highest BCUT2D eigenvalue weighted by molar-refractivity contribution is 7.22. The van der Waals surface area contributed by atoms with E-state index in [0.29, 0.717) is 12.1 Å². The second-order valence-electron chi connectivity index (χ2n) is 6.64. The first-order chi connectivity index (χ1) is 13.1. The predicted octanol–water partition coefficient (Wildman–Crippen LogP) is 4.20. The average molecular weight is 385 g/mol. The smallest absolute Gasteiger partial charge is 0.356 e. The molecule has 1 fully saturated rings. The molecule has 0 atom stereocenters. The monoisotopic (exact) mass is 385 g/mol. The molecule has 1 aliphatic heterocycles. The maximum Gasteiger partial charge on any atom is 0.356 e. The van der Waals surface area contributed by atoms with Gasteiger partial charge >= 0.3 is 5.97 Å². The van der Waals surface area contributed by atoms with Crippen LogP contribution >= 0.6 is 11.3 Å². The van der Waals surface area contributed by atoms with Gasteiger partial charge in [0.25, 0.3) is 0 Å². The Morgan fingerprint density at radius 3 is 2.81 bits per heavy atom. The number of rotatable bonds is 4. The minimum atomic E-state index is -0.484. The van der Waals surface area contributed by atoms with Gasteiger partial charge in [0, 0.05) is 25.2 Å². The van der Waals surface area contributed by atoms with E-state index in [1.165, 1.54) is 43.8 Å². The van der Waals surface area contributed by atoms with E-state index in [0.717, 1.165) is 34.0 Å². The lowest BCUT2D eigenvalue weighted by molar-refractivity contribution is 0.0593. The van der Waals surface area contributed by atoms with Crippen molar-refractivity contribution in [3.63, 3.8) is 0 Å². The number of ether oxygens (including phenoxy) is 1. The van der Waals surface area contributed by atoms with Crippen LogP contribution < -0.4 is 4.90 Å². The lowest BCUT2D eigenvalue weighted by Gasteiger charge is -2.25. The summed E-state index contributed by atoms with van der Waals surface area (Å²) < 4.78 is 19.8. The van der Waals surface area contributed by atoms with Crippen LogP contribution in [0.5, 0.6) is 0 Å². The number of halogens is 1. The fourth-order valence-electron chi connectivity index (χ4n) is 3.40. The van der Waals surface area contributed by atoms with Gasteiger partial charge in [0.15, 0.2) is 5.13 Å². The van der Waals surface area contributed by atoms with Gasteiger partial charge in [-0.25, -0.2) is 19.2 Å². The second-order valence-corrected chi connectivity index (χ2v) is 7.65. The van der Waals surface area contributed by atoms with Crippen molar-refractivity contribution < 1.29 is 13.9 Å². The molecule has 0 spiro atoms. The van der Waals surface area contributed by atoms with Gasteiger partial charge in [-0.05, 0) is 49.1 Å². The van der Waals surface area contributed by atoms with Crippen LogP contribution in [-0.4, -0.2) is 36.1 Å². The number of carbonyl (C=O) groups is 1. The van der Waals surface area contributed by atoms with Gasteiger partial charge in [-0.2, -0.15) is 0 Å². The standard InChI is InChI=1S/C20H20FN3O2S/c1-26-19(25)16-7-5-6-15(22-16)11-13-10-14(21)12-17-18(13)23-20(27-17)24-8-3-2-4-9-24/h5-7,10,12H,2-4,8-9,11H2,1H3. The highest BCUT2D eigenvalue weighted by Crippen LogP contribution is 2.33. The molecule has 3 aromatic rings. The first-order valence-corrected chi connectivity index (χ1v) is 9.84. The number of pyridine rings is 1. The number of methoxy groups -OCH3 is 1. The molecule has 0 bridgehead atoms. The summed E-state index contributed by atoms with van der Waals surface area (Å²) >= 11 is 1.53. The number of piperidine rings is 1. The van der Waals surface area contributed by atoms with Gasteiger partial charge < -0.3 is 9.64 Å². The number of thiazole rings is 1. The van der Waals surface area contributed by atoms with Crippen molar-refractivity contribution in [2.24, 2.45) is 0 Å². The van der Waals surface area contributed by atoms with E-state index in [-0.39, 0.29) is 11.5 Å². The molecule has 1 saturated heterocycles. The summed E-state index contributed by atoms with van der Waals surface area (Å²) in [5.41, 5.74) is 2.51. The van der Waals surface area contributed by atoms with Crippen LogP contribution in [-0.2, 0) is 11.2 Å². The molecule has 0 saturated carbocycles. The maximum atomic E-state index is 14.2. The molecule has 5 nitrogen and oxygen atoms in total. The number of fused-ring (bicyclic) bond motifs is 1. The minimum Gasteiger partial charge on any atom is -0.464 e. The zero-order valence-corrected chi connectivity index (χ0v) is 15.9. The molecule has 0 radical (unpaired) electrons. The lowest BCUT2D eigenvalue weighted by atomic mass is 10.1. The van der Waals surface area contributed by atoms with E-state index >= 15 is 0 Å². The number of esters is 1. The molecular formula is C20H20FN3O2S. The molecule has 7 heteroatoms. The Morgan fingerprint density at radius 1 is 1.22 bits per heavy atom. The Morgan fingerprint density at radius 2 is 2.04 bits per heavy atom. The van der Waals surface area contributed by atoms with Gasteiger partial charge in [-0.1, -0.05) is 17.4 Å². The first kappa shape index (κ1) is 17.9. The van der Waals surface area contributed by atoms with E-state index in [9.17, 15) is 9.18 Å². The molecule has 4 rings (SSSR count). The molecule has 1 aromatic carbocycles. The Hall–Kier alpha value is -2.54. The van der Waals surface area contributed by atoms with Crippen molar-refractivity contribution in [3.8, 4) is 0 Å². The number of anilines is 1. The molecule has 27 heavy (non-hydrogen) atoms. The summed E-state index contributed by atoms with van der Waals surface area (Å²) in [6, 6.07) is 8.23. The van der Waals surface area contributed by atoms with Crippen LogP contribution in [0.4, 0.5) is 9.52 Å². The van der Waals surface area contributed by atoms with Crippen molar-refractivity contribution in [1.82, 2.24) is 9.97 Å². The van der Waals surface area contributed by atoms with Gasteiger partial charge in [-0.3, -0.25) is 0 Å². The molecule has 140 valence electrons. The van der Waals surface area contributed by atoms with Crippen molar-refractivity contribution in [3.05, 3.63) is 53.1 Å². The number of aromatic nitrogens is 2. The van der Waals surface area contributed by atoms with E-state index in [2.05, 4.69) is 9.88 Å². The first-order valence-electron chi connectivity index (χ1n) is 9.02. The highest BCUT2D eigenvalue weighted by atomic mass is 32.1. The molecule has 0 amide bonds. The molecular weight excluding hydrogens is 365 g/mol. The van der Waals surface area contributed by atoms with Crippen LogP contribution in [0.1, 0.15) is 41.0 Å². The van der Waals surface area contributed by atoms with E-state index < -0.39 is 5.97 Å². The van der Waals surface area contributed by atoms with Gasteiger partial charge in [0.2, 0.25) is 0 Å². The Labute approximate surface area is 160 Å². The summed E-state index contributed by atoms with van der Waals surface area (Å²) in [7, 11) is 1.32. The van der Waals surface area contributed by atoms with E-state index in [1.54, 1.807) is 18.2 Å². The number of hydrogen-bond acceptors (Lipinski definition) is 6. The van der Waals surface area contributed by atoms with Crippen LogP contribution in [0.2, 0.25) is 0 Å². The van der Waals surface area contributed by atoms with E-state index in [4.69, 9.17) is 9.72 Å². The summed E-state index contributed by atoms with van der Waals surface area (Å²) in [5, 5.41) is 0.952. The van der Waals surface area contributed by atoms with Gasteiger partial charge in [0.1, 0.15) is 11.5 Å². The predicted molar refractivity (Wildman–Crippen MR) is 104 cm³/mol. The fraction of sp³-hybridized carbons (Fsp3) is 0.350. The topological polar surface area (TPSA) is 55.3 Å². The second kappa shape index (κ2) is 7.60. The van der Waals surface area contributed by atoms with Crippen molar-refractivity contribution in [2.45, 2.75) is 25.7 Å². The van der Waals surface area contributed by atoms with Crippen LogP contribution in [0.15, 0.2) is 30.3 Å².